The Morgan fingerprint density at radius 2 is 1.97 bits per heavy atom. The fraction of sp³-hybridized carbons (Fsp3) is 0.526. The Hall–Kier alpha value is -2.01. The number of piperidine rings is 1. The van der Waals surface area contributed by atoms with Crippen molar-refractivity contribution in [1.29, 1.82) is 0 Å². The van der Waals surface area contributed by atoms with Crippen molar-refractivity contribution in [2.75, 3.05) is 32.6 Å². The van der Waals surface area contributed by atoms with Crippen LogP contribution in [0, 0.1) is 5.92 Å². The maximum atomic E-state index is 13.4. The van der Waals surface area contributed by atoms with Crippen LogP contribution in [0.2, 0.25) is 0 Å². The van der Waals surface area contributed by atoms with Gasteiger partial charge >= 0.3 is 12.4 Å². The summed E-state index contributed by atoms with van der Waals surface area (Å²) in [6.07, 6.45) is -8.37. The molecule has 0 bridgehead atoms. The second kappa shape index (κ2) is 8.62. The minimum absolute atomic E-state index is 0.0880. The molecule has 1 aromatic carbocycles. The predicted octanol–water partition coefficient (Wildman–Crippen LogP) is 5.65. The average molecular weight is 453 g/mol. The average Bonchev–Trinajstić information content (AvgIpc) is 3.09. The zero-order valence-corrected chi connectivity index (χ0v) is 17.1. The number of likely N-dealkylation sites (tertiary alicyclic amines) is 1. The Labute approximate surface area is 173 Å². The molecule has 4 nitrogen and oxygen atoms in total. The summed E-state index contributed by atoms with van der Waals surface area (Å²) in [5.74, 6) is -1.70. The van der Waals surface area contributed by atoms with Gasteiger partial charge in [0.2, 0.25) is 0 Å². The third-order valence-corrected chi connectivity index (χ3v) is 6.08. The van der Waals surface area contributed by atoms with Crippen molar-refractivity contribution in [3.8, 4) is 17.0 Å². The second-order valence-corrected chi connectivity index (χ2v) is 8.15. The maximum absolute atomic E-state index is 13.4. The van der Waals surface area contributed by atoms with E-state index in [0.29, 0.717) is 28.7 Å². The summed E-state index contributed by atoms with van der Waals surface area (Å²) in [6, 6.07) is 3.66. The quantitative estimate of drug-likeness (QED) is 0.594. The number of aromatic nitrogens is 1. The van der Waals surface area contributed by atoms with Crippen molar-refractivity contribution in [3.63, 3.8) is 0 Å². The molecule has 3 rings (SSSR count). The van der Waals surface area contributed by atoms with E-state index in [2.05, 4.69) is 10.3 Å². The molecule has 11 heteroatoms. The molecule has 0 radical (unpaired) electrons. The lowest BCUT2D eigenvalue weighted by Crippen LogP contribution is -2.41. The third-order valence-electron chi connectivity index (χ3n) is 5.03. The predicted molar refractivity (Wildman–Crippen MR) is 103 cm³/mol. The van der Waals surface area contributed by atoms with Crippen LogP contribution >= 0.6 is 11.3 Å². The zero-order valence-electron chi connectivity index (χ0n) is 16.3. The van der Waals surface area contributed by atoms with E-state index in [1.807, 2.05) is 0 Å². The van der Waals surface area contributed by atoms with E-state index in [0.717, 1.165) is 13.2 Å². The van der Waals surface area contributed by atoms with Crippen LogP contribution in [-0.2, 0) is 12.7 Å². The van der Waals surface area contributed by atoms with Gasteiger partial charge in [-0.05, 0) is 37.6 Å². The largest absolute Gasteiger partial charge is 0.496 e. The van der Waals surface area contributed by atoms with Gasteiger partial charge < -0.3 is 10.1 Å². The lowest BCUT2D eigenvalue weighted by molar-refractivity contribution is -0.187. The highest BCUT2D eigenvalue weighted by Gasteiger charge is 2.42. The molecule has 0 amide bonds. The highest BCUT2D eigenvalue weighted by molar-refractivity contribution is 7.16. The van der Waals surface area contributed by atoms with Gasteiger partial charge in [0.1, 0.15) is 5.75 Å². The SMILES string of the molecule is CNc1nc(-c2ccc(OC)c(C(F)(F)F)c2)c(CN2CCCC(C(F)(F)F)C2)s1. The molecular weight excluding hydrogens is 432 g/mol. The normalized spacial score (nSPS) is 18.5. The standard InChI is InChI=1S/C19H21F6N3OS/c1-26-17-27-16(11-5-6-14(29-2)13(8-11)19(23,24)25)15(30-17)10-28-7-3-4-12(9-28)18(20,21)22/h5-6,8,12H,3-4,7,9-10H2,1-2H3,(H,26,27). The van der Waals surface area contributed by atoms with Crippen molar-refractivity contribution >= 4 is 16.5 Å². The number of alkyl halides is 6. The smallest absolute Gasteiger partial charge is 0.419 e. The number of thiazole rings is 1. The topological polar surface area (TPSA) is 37.4 Å². The fourth-order valence-electron chi connectivity index (χ4n) is 3.54. The molecular formula is C19H21F6N3OS. The van der Waals surface area contributed by atoms with Gasteiger partial charge in [-0.2, -0.15) is 26.3 Å². The Balaban J connectivity index is 1.93. The number of methoxy groups -OCH3 is 1. The van der Waals surface area contributed by atoms with E-state index in [1.54, 1.807) is 11.9 Å². The van der Waals surface area contributed by atoms with Crippen molar-refractivity contribution < 1.29 is 31.1 Å². The summed E-state index contributed by atoms with van der Waals surface area (Å²) >= 11 is 1.22. The van der Waals surface area contributed by atoms with Gasteiger partial charge in [0, 0.05) is 30.6 Å². The molecule has 2 heterocycles. The number of nitrogens with one attached hydrogen (secondary N) is 1. The number of benzene rings is 1. The number of hydrogen-bond acceptors (Lipinski definition) is 5. The van der Waals surface area contributed by atoms with Crippen LogP contribution in [0.4, 0.5) is 31.5 Å². The van der Waals surface area contributed by atoms with Crippen LogP contribution < -0.4 is 10.1 Å². The number of halogens is 6. The Bertz CT molecular complexity index is 880. The Morgan fingerprint density at radius 1 is 1.23 bits per heavy atom. The summed E-state index contributed by atoms with van der Waals surface area (Å²) in [6.45, 7) is 0.552. The summed E-state index contributed by atoms with van der Waals surface area (Å²) in [7, 11) is 2.78. The number of nitrogens with zero attached hydrogens (tertiary/aromatic N) is 2. The molecule has 30 heavy (non-hydrogen) atoms. The molecule has 0 aliphatic carbocycles. The van der Waals surface area contributed by atoms with Crippen LogP contribution in [0.3, 0.4) is 0 Å². The monoisotopic (exact) mass is 453 g/mol. The number of hydrogen-bond donors (Lipinski definition) is 1. The zero-order chi connectivity index (χ0) is 22.1. The maximum Gasteiger partial charge on any atom is 0.419 e. The van der Waals surface area contributed by atoms with Crippen LogP contribution in [0.25, 0.3) is 11.3 Å². The molecule has 1 atom stereocenters. The number of ether oxygens (including phenoxy) is 1. The molecule has 0 saturated carbocycles. The Kier molecular flexibility index (Phi) is 6.51. The van der Waals surface area contributed by atoms with E-state index >= 15 is 0 Å². The van der Waals surface area contributed by atoms with Crippen LogP contribution in [0.1, 0.15) is 23.3 Å². The summed E-state index contributed by atoms with van der Waals surface area (Å²) in [4.78, 5) is 6.66. The van der Waals surface area contributed by atoms with Gasteiger partial charge in [0.15, 0.2) is 5.13 Å². The summed E-state index contributed by atoms with van der Waals surface area (Å²) in [5, 5.41) is 3.34. The summed E-state index contributed by atoms with van der Waals surface area (Å²) < 4.78 is 84.4. The van der Waals surface area contributed by atoms with Gasteiger partial charge in [-0.25, -0.2) is 4.98 Å². The lowest BCUT2D eigenvalue weighted by atomic mass is 9.97. The number of anilines is 1. The van der Waals surface area contributed by atoms with Gasteiger partial charge in [0.05, 0.1) is 24.3 Å². The molecule has 1 fully saturated rings. The minimum Gasteiger partial charge on any atom is -0.496 e. The third kappa shape index (κ3) is 5.00. The van der Waals surface area contributed by atoms with E-state index in [9.17, 15) is 26.3 Å². The first-order chi connectivity index (χ1) is 14.0. The molecule has 1 aromatic heterocycles. The van der Waals surface area contributed by atoms with Crippen LogP contribution in [-0.4, -0.2) is 43.3 Å². The fourth-order valence-corrected chi connectivity index (χ4v) is 4.52. The van der Waals surface area contributed by atoms with E-state index in [1.165, 1.54) is 23.5 Å². The van der Waals surface area contributed by atoms with Crippen molar-refractivity contribution in [3.05, 3.63) is 28.6 Å². The van der Waals surface area contributed by atoms with Crippen molar-refractivity contribution in [2.24, 2.45) is 5.92 Å². The molecule has 1 N–H and O–H groups in total. The molecule has 1 unspecified atom stereocenters. The first kappa shape index (κ1) is 22.7. The highest BCUT2D eigenvalue weighted by atomic mass is 32.1. The number of rotatable bonds is 5. The van der Waals surface area contributed by atoms with Crippen molar-refractivity contribution in [2.45, 2.75) is 31.7 Å². The molecule has 1 saturated heterocycles. The highest BCUT2D eigenvalue weighted by Crippen LogP contribution is 2.41. The minimum atomic E-state index is -4.61. The van der Waals surface area contributed by atoms with Crippen LogP contribution in [0.15, 0.2) is 18.2 Å². The van der Waals surface area contributed by atoms with E-state index < -0.39 is 23.8 Å². The molecule has 0 spiro atoms. The first-order valence-electron chi connectivity index (χ1n) is 9.25. The van der Waals surface area contributed by atoms with E-state index in [-0.39, 0.29) is 30.8 Å². The van der Waals surface area contributed by atoms with Gasteiger partial charge in [-0.15, -0.1) is 11.3 Å². The lowest BCUT2D eigenvalue weighted by Gasteiger charge is -2.33. The summed E-state index contributed by atoms with van der Waals surface area (Å²) in [5.41, 5.74) is -0.366. The molecule has 1 aliphatic rings. The van der Waals surface area contributed by atoms with Gasteiger partial charge in [-0.3, -0.25) is 4.90 Å². The molecule has 1 aliphatic heterocycles. The van der Waals surface area contributed by atoms with E-state index in [4.69, 9.17) is 4.74 Å². The Morgan fingerprint density at radius 3 is 2.57 bits per heavy atom. The van der Waals surface area contributed by atoms with Gasteiger partial charge in [0.25, 0.3) is 0 Å². The van der Waals surface area contributed by atoms with Crippen molar-refractivity contribution in [1.82, 2.24) is 9.88 Å². The first-order valence-corrected chi connectivity index (χ1v) is 10.1. The molecule has 166 valence electrons. The van der Waals surface area contributed by atoms with Crippen LogP contribution in [0.5, 0.6) is 5.75 Å². The van der Waals surface area contributed by atoms with Gasteiger partial charge in [-0.1, -0.05) is 0 Å². The second-order valence-electron chi connectivity index (χ2n) is 7.07. The molecule has 2 aromatic rings.